The van der Waals surface area contributed by atoms with Crippen molar-refractivity contribution in [3.05, 3.63) is 16.1 Å². The molecule has 0 N–H and O–H groups in total. The lowest BCUT2D eigenvalue weighted by Gasteiger charge is -2.24. The monoisotopic (exact) mass is 337 g/mol. The summed E-state index contributed by atoms with van der Waals surface area (Å²) >= 11 is 1.76. The van der Waals surface area contributed by atoms with E-state index in [1.54, 1.807) is 11.3 Å². The van der Waals surface area contributed by atoms with E-state index >= 15 is 0 Å². The number of thiazole rings is 1. The Morgan fingerprint density at radius 2 is 2.04 bits per heavy atom. The van der Waals surface area contributed by atoms with Gasteiger partial charge in [-0.15, -0.1) is 11.3 Å². The standard InChI is InChI=1S/C18H31N3OS/c1-6-14(2)16(22)21-9-7-8-20(10-11-21)12-15-13-23-17(19-15)18(3,4)5/h13-14H,6-12H2,1-5H3. The van der Waals surface area contributed by atoms with Gasteiger partial charge in [-0.1, -0.05) is 34.6 Å². The topological polar surface area (TPSA) is 36.4 Å². The van der Waals surface area contributed by atoms with Crippen LogP contribution in [0.15, 0.2) is 5.38 Å². The third kappa shape index (κ3) is 5.01. The van der Waals surface area contributed by atoms with Crippen LogP contribution >= 0.6 is 11.3 Å². The smallest absolute Gasteiger partial charge is 0.225 e. The third-order valence-electron chi connectivity index (χ3n) is 4.51. The number of rotatable bonds is 4. The van der Waals surface area contributed by atoms with Crippen LogP contribution in [0.1, 0.15) is 58.2 Å². The summed E-state index contributed by atoms with van der Waals surface area (Å²) in [6.45, 7) is 15.4. The molecular formula is C18H31N3OS. The SMILES string of the molecule is CCC(C)C(=O)N1CCCN(Cc2csc(C(C)(C)C)n2)CC1. The largest absolute Gasteiger partial charge is 0.341 e. The summed E-state index contributed by atoms with van der Waals surface area (Å²) in [6.07, 6.45) is 1.98. The molecule has 1 aliphatic heterocycles. The minimum atomic E-state index is 0.126. The fraction of sp³-hybridized carbons (Fsp3) is 0.778. The Morgan fingerprint density at radius 3 is 2.65 bits per heavy atom. The molecule has 0 radical (unpaired) electrons. The maximum Gasteiger partial charge on any atom is 0.225 e. The molecule has 0 bridgehead atoms. The van der Waals surface area contributed by atoms with E-state index in [-0.39, 0.29) is 11.3 Å². The number of aromatic nitrogens is 1. The first kappa shape index (κ1) is 18.4. The Kier molecular flexibility index (Phi) is 6.20. The van der Waals surface area contributed by atoms with Gasteiger partial charge in [-0.05, 0) is 12.8 Å². The highest BCUT2D eigenvalue weighted by Gasteiger charge is 2.23. The van der Waals surface area contributed by atoms with E-state index < -0.39 is 0 Å². The van der Waals surface area contributed by atoms with Crippen molar-refractivity contribution in [1.29, 1.82) is 0 Å². The van der Waals surface area contributed by atoms with Crippen molar-refractivity contribution in [2.75, 3.05) is 26.2 Å². The highest BCUT2D eigenvalue weighted by molar-refractivity contribution is 7.09. The number of hydrogen-bond donors (Lipinski definition) is 0. The van der Waals surface area contributed by atoms with Gasteiger partial charge in [0.2, 0.25) is 5.91 Å². The molecule has 1 atom stereocenters. The zero-order chi connectivity index (χ0) is 17.0. The van der Waals surface area contributed by atoms with Crippen LogP contribution in [0, 0.1) is 5.92 Å². The molecule has 1 amide bonds. The zero-order valence-corrected chi connectivity index (χ0v) is 16.1. The Balaban J connectivity index is 1.91. The molecule has 0 saturated carbocycles. The Bertz CT molecular complexity index is 521. The normalized spacial score (nSPS) is 18.7. The lowest BCUT2D eigenvalue weighted by atomic mass is 9.98. The molecule has 130 valence electrons. The number of amides is 1. The summed E-state index contributed by atoms with van der Waals surface area (Å²) < 4.78 is 0. The van der Waals surface area contributed by atoms with Gasteiger partial charge in [0.25, 0.3) is 0 Å². The van der Waals surface area contributed by atoms with Crippen LogP contribution in [-0.2, 0) is 16.8 Å². The van der Waals surface area contributed by atoms with E-state index in [0.717, 1.165) is 45.6 Å². The van der Waals surface area contributed by atoms with Gasteiger partial charge in [0.05, 0.1) is 10.7 Å². The van der Waals surface area contributed by atoms with Crippen molar-refractivity contribution in [2.24, 2.45) is 5.92 Å². The van der Waals surface area contributed by atoms with Crippen molar-refractivity contribution < 1.29 is 4.79 Å². The highest BCUT2D eigenvalue weighted by atomic mass is 32.1. The van der Waals surface area contributed by atoms with Gasteiger partial charge >= 0.3 is 0 Å². The van der Waals surface area contributed by atoms with Gasteiger partial charge in [0, 0.05) is 49.4 Å². The van der Waals surface area contributed by atoms with Crippen LogP contribution in [0.25, 0.3) is 0 Å². The lowest BCUT2D eigenvalue weighted by Crippen LogP contribution is -2.38. The number of carbonyl (C=O) groups excluding carboxylic acids is 1. The average Bonchev–Trinajstić information content (AvgIpc) is 2.85. The van der Waals surface area contributed by atoms with Crippen molar-refractivity contribution in [2.45, 2.75) is 59.4 Å². The number of hydrogen-bond acceptors (Lipinski definition) is 4. The van der Waals surface area contributed by atoms with Crippen LogP contribution in [-0.4, -0.2) is 46.9 Å². The first-order chi connectivity index (χ1) is 10.8. The minimum absolute atomic E-state index is 0.126. The van der Waals surface area contributed by atoms with E-state index in [1.807, 2.05) is 6.92 Å². The molecule has 2 heterocycles. The van der Waals surface area contributed by atoms with Crippen LogP contribution in [0.2, 0.25) is 0 Å². The first-order valence-corrected chi connectivity index (χ1v) is 9.65. The fourth-order valence-corrected chi connectivity index (χ4v) is 3.69. The molecule has 1 aromatic rings. The number of carbonyl (C=O) groups is 1. The van der Waals surface area contributed by atoms with Gasteiger partial charge in [0.15, 0.2) is 0 Å². The Labute approximate surface area is 144 Å². The van der Waals surface area contributed by atoms with Gasteiger partial charge in [0.1, 0.15) is 0 Å². The van der Waals surface area contributed by atoms with Gasteiger partial charge < -0.3 is 4.90 Å². The van der Waals surface area contributed by atoms with Crippen molar-refractivity contribution in [3.63, 3.8) is 0 Å². The van der Waals surface area contributed by atoms with Crippen molar-refractivity contribution in [3.8, 4) is 0 Å². The molecule has 1 unspecified atom stereocenters. The van der Waals surface area contributed by atoms with E-state index in [2.05, 4.69) is 42.9 Å². The van der Waals surface area contributed by atoms with Crippen LogP contribution in [0.4, 0.5) is 0 Å². The lowest BCUT2D eigenvalue weighted by molar-refractivity contribution is -0.134. The molecule has 5 heteroatoms. The molecule has 1 aromatic heterocycles. The van der Waals surface area contributed by atoms with E-state index in [4.69, 9.17) is 4.98 Å². The Hall–Kier alpha value is -0.940. The van der Waals surface area contributed by atoms with Gasteiger partial charge in [-0.3, -0.25) is 9.69 Å². The second-order valence-corrected chi connectivity index (χ2v) is 8.52. The summed E-state index contributed by atoms with van der Waals surface area (Å²) in [4.78, 5) is 21.6. The second kappa shape index (κ2) is 7.75. The van der Waals surface area contributed by atoms with E-state index in [9.17, 15) is 4.79 Å². The molecule has 1 fully saturated rings. The predicted octanol–water partition coefficient (Wildman–Crippen LogP) is 3.52. The summed E-state index contributed by atoms with van der Waals surface area (Å²) in [5, 5.41) is 3.39. The summed E-state index contributed by atoms with van der Waals surface area (Å²) in [6, 6.07) is 0. The number of nitrogens with zero attached hydrogens (tertiary/aromatic N) is 3. The quantitative estimate of drug-likeness (QED) is 0.843. The molecule has 0 aliphatic carbocycles. The molecule has 0 spiro atoms. The molecule has 1 aliphatic rings. The van der Waals surface area contributed by atoms with E-state index in [0.29, 0.717) is 5.91 Å². The molecule has 23 heavy (non-hydrogen) atoms. The molecular weight excluding hydrogens is 306 g/mol. The maximum atomic E-state index is 12.4. The minimum Gasteiger partial charge on any atom is -0.341 e. The fourth-order valence-electron chi connectivity index (χ4n) is 2.79. The average molecular weight is 338 g/mol. The second-order valence-electron chi connectivity index (χ2n) is 7.66. The van der Waals surface area contributed by atoms with E-state index in [1.165, 1.54) is 10.7 Å². The van der Waals surface area contributed by atoms with Crippen LogP contribution in [0.5, 0.6) is 0 Å². The zero-order valence-electron chi connectivity index (χ0n) is 15.3. The maximum absolute atomic E-state index is 12.4. The van der Waals surface area contributed by atoms with Crippen molar-refractivity contribution in [1.82, 2.24) is 14.8 Å². The third-order valence-corrected chi connectivity index (χ3v) is 5.83. The molecule has 2 rings (SSSR count). The van der Waals surface area contributed by atoms with Crippen LogP contribution < -0.4 is 0 Å². The van der Waals surface area contributed by atoms with Crippen molar-refractivity contribution >= 4 is 17.2 Å². The van der Waals surface area contributed by atoms with Gasteiger partial charge in [-0.25, -0.2) is 4.98 Å². The first-order valence-electron chi connectivity index (χ1n) is 8.77. The van der Waals surface area contributed by atoms with Gasteiger partial charge in [-0.2, -0.15) is 0 Å². The summed E-state index contributed by atoms with van der Waals surface area (Å²) in [7, 11) is 0. The highest BCUT2D eigenvalue weighted by Crippen LogP contribution is 2.26. The Morgan fingerprint density at radius 1 is 1.30 bits per heavy atom. The summed E-state index contributed by atoms with van der Waals surface area (Å²) in [5.41, 5.74) is 1.29. The summed E-state index contributed by atoms with van der Waals surface area (Å²) in [5.74, 6) is 0.465. The predicted molar refractivity (Wildman–Crippen MR) is 96.7 cm³/mol. The molecule has 0 aromatic carbocycles. The molecule has 1 saturated heterocycles. The van der Waals surface area contributed by atoms with Crippen LogP contribution in [0.3, 0.4) is 0 Å². The molecule has 4 nitrogen and oxygen atoms in total.